The van der Waals surface area contributed by atoms with E-state index >= 15 is 0 Å². The highest BCUT2D eigenvalue weighted by molar-refractivity contribution is 5.90. The van der Waals surface area contributed by atoms with Gasteiger partial charge in [-0.15, -0.1) is 0 Å². The largest absolute Gasteiger partial charge is 0.493 e. The molecule has 422 valence electrons. The fourth-order valence-corrected chi connectivity index (χ4v) is 13.8. The Kier molecular flexibility index (Phi) is 17.8. The summed E-state index contributed by atoms with van der Waals surface area (Å²) in [5, 5.41) is 89.5. The molecule has 7 aliphatic rings. The summed E-state index contributed by atoms with van der Waals surface area (Å²) in [5.41, 5.74) is -1.50. The minimum atomic E-state index is -1.88. The first-order valence-corrected chi connectivity index (χ1v) is 26.6. The molecular formula is C54H80O21. The minimum absolute atomic E-state index is 0.0641. The second-order valence-electron chi connectivity index (χ2n) is 22.9. The van der Waals surface area contributed by atoms with Gasteiger partial charge < -0.3 is 88.2 Å². The highest BCUT2D eigenvalue weighted by Crippen LogP contribution is 2.69. The van der Waals surface area contributed by atoms with E-state index in [2.05, 4.69) is 19.9 Å². The summed E-state index contributed by atoms with van der Waals surface area (Å²) in [7, 11) is 2.77. The summed E-state index contributed by atoms with van der Waals surface area (Å²) in [4.78, 5) is 41.4. The number of rotatable bonds is 17. The van der Waals surface area contributed by atoms with Gasteiger partial charge in [-0.2, -0.15) is 0 Å². The first kappa shape index (κ1) is 57.8. The number of hydrogen-bond donors (Lipinski definition) is 8. The molecule has 3 saturated heterocycles. The van der Waals surface area contributed by atoms with Crippen molar-refractivity contribution in [2.45, 2.75) is 197 Å². The van der Waals surface area contributed by atoms with Gasteiger partial charge in [-0.25, -0.2) is 4.79 Å². The van der Waals surface area contributed by atoms with E-state index in [1.165, 1.54) is 38.0 Å². The van der Waals surface area contributed by atoms with Crippen LogP contribution in [0.25, 0.3) is 0 Å². The van der Waals surface area contributed by atoms with E-state index in [-0.39, 0.29) is 58.7 Å². The molecule has 0 spiro atoms. The van der Waals surface area contributed by atoms with Gasteiger partial charge in [0, 0.05) is 24.7 Å². The number of aliphatic hydroxyl groups excluding tert-OH is 7. The van der Waals surface area contributed by atoms with Gasteiger partial charge in [0.05, 0.1) is 51.8 Å². The maximum atomic E-state index is 14.3. The van der Waals surface area contributed by atoms with E-state index in [1.54, 1.807) is 6.92 Å². The van der Waals surface area contributed by atoms with Gasteiger partial charge in [0.2, 0.25) is 0 Å². The molecule has 21 nitrogen and oxygen atoms in total. The smallest absolute Gasteiger partial charge is 0.338 e. The van der Waals surface area contributed by atoms with Crippen LogP contribution < -0.4 is 9.47 Å². The Labute approximate surface area is 437 Å². The summed E-state index contributed by atoms with van der Waals surface area (Å²) in [6, 6.07) is 4.16. The van der Waals surface area contributed by atoms with Crippen molar-refractivity contribution in [3.8, 4) is 11.5 Å². The Bertz CT molecular complexity index is 2210. The Morgan fingerprint density at radius 2 is 1.49 bits per heavy atom. The van der Waals surface area contributed by atoms with Crippen LogP contribution in [0.3, 0.4) is 0 Å². The highest BCUT2D eigenvalue weighted by Gasteiger charge is 2.71. The summed E-state index contributed by atoms with van der Waals surface area (Å²) < 4.78 is 59.6. The molecule has 22 atom stereocenters. The van der Waals surface area contributed by atoms with Crippen LogP contribution in [0.2, 0.25) is 0 Å². The van der Waals surface area contributed by atoms with Crippen molar-refractivity contribution < 1.29 is 103 Å². The summed E-state index contributed by atoms with van der Waals surface area (Å²) in [6.45, 7) is 9.53. The normalized spacial score (nSPS) is 43.1. The molecule has 3 heterocycles. The highest BCUT2D eigenvalue weighted by atomic mass is 16.8. The SMILES string of the molecule is COc1ccc(C(=O)O[C@@H]2[C@@H](O[C@H]3[C@H](OC(C)=O)[C@@H](O[C@H]4C[C@@H]5[C@H]6CC=C7C[C@H](O)CC[C@]7(C)[C@H]6CC[C@@]5(C)[C@]4(O)[C@H](C)C(=O)CCC(C)C)OC[C@H]3O)OC[C@H](O[C@H]3O[C@H](CO)[C@@H](O)[C@@H](O)[C@@H]3O)[C@H]2O)cc1OC. The van der Waals surface area contributed by atoms with E-state index < -0.39 is 135 Å². The summed E-state index contributed by atoms with van der Waals surface area (Å²) >= 11 is 0. The van der Waals surface area contributed by atoms with Crippen LogP contribution in [0.15, 0.2) is 29.8 Å². The van der Waals surface area contributed by atoms with Crippen molar-refractivity contribution in [2.75, 3.05) is 34.0 Å². The molecule has 0 amide bonds. The van der Waals surface area contributed by atoms with Crippen LogP contribution in [0.1, 0.15) is 110 Å². The number of allylic oxidation sites excluding steroid dienone is 1. The molecule has 75 heavy (non-hydrogen) atoms. The quantitative estimate of drug-likeness (QED) is 0.0816. The number of ether oxygens (including phenoxy) is 10. The molecule has 8 rings (SSSR count). The summed E-state index contributed by atoms with van der Waals surface area (Å²) in [6.07, 6.45) is -15.4. The lowest BCUT2D eigenvalue weighted by molar-refractivity contribution is -0.362. The number of hydrogen-bond acceptors (Lipinski definition) is 21. The second-order valence-corrected chi connectivity index (χ2v) is 22.9. The molecule has 1 aromatic rings. The number of ketones is 1. The van der Waals surface area contributed by atoms with Crippen LogP contribution in [0, 0.1) is 40.4 Å². The van der Waals surface area contributed by atoms with Gasteiger partial charge in [0.15, 0.2) is 42.6 Å². The number of carbonyl (C=O) groups is 3. The van der Waals surface area contributed by atoms with Crippen LogP contribution in [-0.4, -0.2) is 190 Å². The third-order valence-electron chi connectivity index (χ3n) is 18.2. The molecular weight excluding hydrogens is 985 g/mol. The molecule has 4 aliphatic carbocycles. The second kappa shape index (κ2) is 23.1. The lowest BCUT2D eigenvalue weighted by Crippen LogP contribution is -2.65. The Morgan fingerprint density at radius 3 is 2.17 bits per heavy atom. The Balaban J connectivity index is 1.10. The molecule has 0 bridgehead atoms. The zero-order valence-electron chi connectivity index (χ0n) is 44.2. The van der Waals surface area contributed by atoms with Gasteiger partial charge in [-0.3, -0.25) is 9.59 Å². The van der Waals surface area contributed by atoms with Crippen molar-refractivity contribution >= 4 is 17.7 Å². The first-order valence-electron chi connectivity index (χ1n) is 26.6. The predicted octanol–water partition coefficient (Wildman–Crippen LogP) is 1.86. The number of fused-ring (bicyclic) bond motifs is 5. The van der Waals surface area contributed by atoms with Crippen LogP contribution in [0.5, 0.6) is 11.5 Å². The topological polar surface area (TPSA) is 305 Å². The molecule has 3 saturated carbocycles. The predicted molar refractivity (Wildman–Crippen MR) is 260 cm³/mol. The average Bonchev–Trinajstić information content (AvgIpc) is 3.70. The van der Waals surface area contributed by atoms with E-state index in [9.17, 15) is 55.2 Å². The number of esters is 2. The minimum Gasteiger partial charge on any atom is -0.493 e. The molecule has 8 N–H and O–H groups in total. The first-order chi connectivity index (χ1) is 35.5. The zero-order chi connectivity index (χ0) is 54.5. The van der Waals surface area contributed by atoms with Crippen molar-refractivity contribution in [1.82, 2.24) is 0 Å². The number of benzene rings is 1. The van der Waals surface area contributed by atoms with Crippen LogP contribution in [-0.2, 0) is 47.5 Å². The van der Waals surface area contributed by atoms with Gasteiger partial charge in [0.25, 0.3) is 0 Å². The fraction of sp³-hybridized carbons (Fsp3) is 0.796. The molecule has 1 aromatic carbocycles. The van der Waals surface area contributed by atoms with E-state index in [0.717, 1.165) is 26.2 Å². The van der Waals surface area contributed by atoms with Gasteiger partial charge in [0.1, 0.15) is 60.2 Å². The lowest BCUT2D eigenvalue weighted by Gasteiger charge is -2.59. The molecule has 21 heteroatoms. The standard InChI is InChI=1S/C54H80O21/c1-25(2)9-13-34(58)26(3)54(65)40(21-33-31-12-11-29-20-30(57)15-17-52(29,5)32(31)16-18-53(33,54)6)73-51-47(70-27(4)56)45(35(59)23-68-51)75-50-46(74-48(64)28-10-14-36(66-7)37(19-28)67-8)42(61)39(24-69-50)72-49-44(63)43(62)41(60)38(22-55)71-49/h10-11,14,19,25-26,30-33,35,38-47,49-51,55,57,59-63,65H,9,12-13,15-18,20-24H2,1-8H3/t26-,30-,31+,32+,33-,35-,38-,39+,40+,41-,42-,43-,44+,45-,46+,47+,49-,50-,51-,52+,53-,54+/m1/s1. The van der Waals surface area contributed by atoms with E-state index in [1.807, 2.05) is 13.8 Å². The summed E-state index contributed by atoms with van der Waals surface area (Å²) in [5.74, 6) is -1.92. The van der Waals surface area contributed by atoms with Crippen molar-refractivity contribution in [2.24, 2.45) is 40.4 Å². The number of aliphatic hydroxyl groups is 8. The lowest BCUT2D eigenvalue weighted by atomic mass is 9.46. The fourth-order valence-electron chi connectivity index (χ4n) is 13.8. The monoisotopic (exact) mass is 1060 g/mol. The number of Topliss-reactive ketones (excluding diaryl/α,β-unsaturated/α-hetero) is 1. The third-order valence-corrected chi connectivity index (χ3v) is 18.2. The van der Waals surface area contributed by atoms with Crippen LogP contribution >= 0.6 is 0 Å². The molecule has 0 unspecified atom stereocenters. The molecule has 0 radical (unpaired) electrons. The molecule has 0 aromatic heterocycles. The maximum absolute atomic E-state index is 14.3. The third kappa shape index (κ3) is 10.9. The van der Waals surface area contributed by atoms with Gasteiger partial charge >= 0.3 is 11.9 Å². The van der Waals surface area contributed by atoms with Crippen molar-refractivity contribution in [3.63, 3.8) is 0 Å². The maximum Gasteiger partial charge on any atom is 0.338 e. The van der Waals surface area contributed by atoms with Gasteiger partial charge in [-0.05, 0) is 98.7 Å². The van der Waals surface area contributed by atoms with E-state index in [4.69, 9.17) is 47.4 Å². The van der Waals surface area contributed by atoms with E-state index in [0.29, 0.717) is 37.9 Å². The Morgan fingerprint density at radius 1 is 0.787 bits per heavy atom. The van der Waals surface area contributed by atoms with Crippen molar-refractivity contribution in [3.05, 3.63) is 35.4 Å². The number of carbonyl (C=O) groups excluding carboxylic acids is 3. The molecule has 3 aliphatic heterocycles. The molecule has 6 fully saturated rings. The Hall–Kier alpha value is -3.39. The van der Waals surface area contributed by atoms with Crippen molar-refractivity contribution in [1.29, 1.82) is 0 Å². The average molecular weight is 1070 g/mol. The number of methoxy groups -OCH3 is 2. The van der Waals surface area contributed by atoms with Gasteiger partial charge in [-0.1, -0.05) is 46.3 Å². The zero-order valence-corrected chi connectivity index (χ0v) is 44.2. The van der Waals surface area contributed by atoms with Crippen LogP contribution in [0.4, 0.5) is 0 Å².